The van der Waals surface area contributed by atoms with Crippen LogP contribution in [0.4, 0.5) is 5.69 Å². The Bertz CT molecular complexity index is 540. The summed E-state index contributed by atoms with van der Waals surface area (Å²) in [5.74, 6) is 1.45. The van der Waals surface area contributed by atoms with Crippen LogP contribution < -0.4 is 10.5 Å². The van der Waals surface area contributed by atoms with Crippen LogP contribution in [0.5, 0.6) is 11.5 Å². The van der Waals surface area contributed by atoms with E-state index in [1.165, 1.54) is 5.56 Å². The van der Waals surface area contributed by atoms with Crippen molar-refractivity contribution in [2.75, 3.05) is 5.73 Å². The van der Waals surface area contributed by atoms with E-state index in [2.05, 4.69) is 13.0 Å². The molecule has 0 radical (unpaired) electrons. The van der Waals surface area contributed by atoms with Crippen molar-refractivity contribution in [3.63, 3.8) is 0 Å². The first-order chi connectivity index (χ1) is 9.10. The molecule has 0 aromatic heterocycles. The summed E-state index contributed by atoms with van der Waals surface area (Å²) in [6.45, 7) is 4.17. The number of rotatable bonds is 4. The fraction of sp³-hybridized carbons (Fsp3) is 0.250. The fourth-order valence-corrected chi connectivity index (χ4v) is 2.35. The van der Waals surface area contributed by atoms with E-state index in [0.717, 1.165) is 24.2 Å². The van der Waals surface area contributed by atoms with E-state index >= 15 is 0 Å². The van der Waals surface area contributed by atoms with E-state index in [0.29, 0.717) is 16.5 Å². The third-order valence-electron chi connectivity index (χ3n) is 2.93. The number of halogens is 1. The zero-order valence-electron chi connectivity index (χ0n) is 11.2. The molecule has 2 rings (SSSR count). The second-order valence-electron chi connectivity index (χ2n) is 4.64. The van der Waals surface area contributed by atoms with Crippen molar-refractivity contribution in [1.29, 1.82) is 0 Å². The molecule has 0 saturated carbocycles. The summed E-state index contributed by atoms with van der Waals surface area (Å²) < 4.78 is 5.84. The molecule has 0 unspecified atom stereocenters. The normalized spacial score (nSPS) is 10.5. The predicted octanol–water partition coefficient (Wildman–Crippen LogP) is 4.98. The van der Waals surface area contributed by atoms with E-state index in [4.69, 9.17) is 22.1 Å². The minimum absolute atomic E-state index is 0.653. The predicted molar refractivity (Wildman–Crippen MR) is 81.1 cm³/mol. The Hall–Kier alpha value is -1.67. The molecule has 2 aromatic rings. The molecule has 0 aliphatic heterocycles. The maximum Gasteiger partial charge on any atom is 0.148 e. The number of benzene rings is 2. The largest absolute Gasteiger partial charge is 0.456 e. The standard InChI is InChI=1S/C16H18ClNO/c1-3-4-12-9-11(2)16(15(17)10-12)19-14-7-5-13(18)6-8-14/h5-10H,3-4,18H2,1-2H3. The Morgan fingerprint density at radius 1 is 1.16 bits per heavy atom. The summed E-state index contributed by atoms with van der Waals surface area (Å²) in [5.41, 5.74) is 8.66. The number of aryl methyl sites for hydroxylation is 2. The van der Waals surface area contributed by atoms with Crippen LogP contribution in [-0.4, -0.2) is 0 Å². The van der Waals surface area contributed by atoms with Crippen molar-refractivity contribution in [2.24, 2.45) is 0 Å². The van der Waals surface area contributed by atoms with Gasteiger partial charge < -0.3 is 10.5 Å². The first-order valence-electron chi connectivity index (χ1n) is 6.42. The van der Waals surface area contributed by atoms with Gasteiger partial charge in [-0.2, -0.15) is 0 Å². The summed E-state index contributed by atoms with van der Waals surface area (Å²) in [4.78, 5) is 0. The Morgan fingerprint density at radius 3 is 2.42 bits per heavy atom. The van der Waals surface area contributed by atoms with Gasteiger partial charge in [0.15, 0.2) is 0 Å². The molecular weight excluding hydrogens is 258 g/mol. The zero-order chi connectivity index (χ0) is 13.8. The molecule has 0 atom stereocenters. The van der Waals surface area contributed by atoms with Crippen molar-refractivity contribution in [3.05, 3.63) is 52.5 Å². The lowest BCUT2D eigenvalue weighted by molar-refractivity contribution is 0.479. The van der Waals surface area contributed by atoms with Crippen LogP contribution in [0.2, 0.25) is 5.02 Å². The lowest BCUT2D eigenvalue weighted by Crippen LogP contribution is -1.93. The van der Waals surface area contributed by atoms with Gasteiger partial charge in [0.2, 0.25) is 0 Å². The van der Waals surface area contributed by atoms with E-state index in [-0.39, 0.29) is 0 Å². The highest BCUT2D eigenvalue weighted by molar-refractivity contribution is 6.32. The average molecular weight is 276 g/mol. The van der Waals surface area contributed by atoms with Gasteiger partial charge in [-0.05, 0) is 54.8 Å². The topological polar surface area (TPSA) is 35.2 Å². The lowest BCUT2D eigenvalue weighted by atomic mass is 10.1. The van der Waals surface area contributed by atoms with Gasteiger partial charge in [-0.1, -0.05) is 31.0 Å². The Morgan fingerprint density at radius 2 is 1.84 bits per heavy atom. The van der Waals surface area contributed by atoms with Crippen LogP contribution in [-0.2, 0) is 6.42 Å². The van der Waals surface area contributed by atoms with Gasteiger partial charge in [0, 0.05) is 5.69 Å². The number of nitrogen functional groups attached to an aromatic ring is 1. The molecule has 0 spiro atoms. The summed E-state index contributed by atoms with van der Waals surface area (Å²) in [7, 11) is 0. The third-order valence-corrected chi connectivity index (χ3v) is 3.21. The molecule has 100 valence electrons. The second kappa shape index (κ2) is 5.98. The molecular formula is C16H18ClNO. The fourth-order valence-electron chi connectivity index (χ4n) is 2.02. The van der Waals surface area contributed by atoms with E-state index < -0.39 is 0 Å². The number of hydrogen-bond acceptors (Lipinski definition) is 2. The van der Waals surface area contributed by atoms with Crippen molar-refractivity contribution < 1.29 is 4.74 Å². The maximum absolute atomic E-state index is 6.30. The van der Waals surface area contributed by atoms with Crippen molar-refractivity contribution in [3.8, 4) is 11.5 Å². The van der Waals surface area contributed by atoms with Gasteiger partial charge >= 0.3 is 0 Å². The number of ether oxygens (including phenoxy) is 1. The van der Waals surface area contributed by atoms with Gasteiger partial charge in [-0.3, -0.25) is 0 Å². The number of hydrogen-bond donors (Lipinski definition) is 1. The van der Waals surface area contributed by atoms with Gasteiger partial charge in [0.1, 0.15) is 11.5 Å². The third kappa shape index (κ3) is 3.42. The highest BCUT2D eigenvalue weighted by Gasteiger charge is 2.09. The van der Waals surface area contributed by atoms with Crippen molar-refractivity contribution in [2.45, 2.75) is 26.7 Å². The van der Waals surface area contributed by atoms with Gasteiger partial charge in [0.25, 0.3) is 0 Å². The molecule has 0 heterocycles. The SMILES string of the molecule is CCCc1cc(C)c(Oc2ccc(N)cc2)c(Cl)c1. The first kappa shape index (κ1) is 13.8. The molecule has 0 saturated heterocycles. The first-order valence-corrected chi connectivity index (χ1v) is 6.80. The molecule has 0 fully saturated rings. The summed E-state index contributed by atoms with van der Waals surface area (Å²) in [6.07, 6.45) is 2.14. The minimum atomic E-state index is 0.653. The summed E-state index contributed by atoms with van der Waals surface area (Å²) >= 11 is 6.30. The van der Waals surface area contributed by atoms with Crippen molar-refractivity contribution in [1.82, 2.24) is 0 Å². The van der Waals surface area contributed by atoms with E-state index in [9.17, 15) is 0 Å². The number of nitrogens with two attached hydrogens (primary N) is 1. The molecule has 2 nitrogen and oxygen atoms in total. The quantitative estimate of drug-likeness (QED) is 0.799. The molecule has 0 amide bonds. The zero-order valence-corrected chi connectivity index (χ0v) is 12.0. The second-order valence-corrected chi connectivity index (χ2v) is 5.05. The van der Waals surface area contributed by atoms with Crippen LogP contribution in [0.15, 0.2) is 36.4 Å². The van der Waals surface area contributed by atoms with E-state index in [1.54, 1.807) is 0 Å². The molecule has 0 aliphatic rings. The number of anilines is 1. The van der Waals surface area contributed by atoms with Crippen LogP contribution in [0.1, 0.15) is 24.5 Å². The van der Waals surface area contributed by atoms with Crippen LogP contribution in [0, 0.1) is 6.92 Å². The van der Waals surface area contributed by atoms with E-state index in [1.807, 2.05) is 37.3 Å². The smallest absolute Gasteiger partial charge is 0.148 e. The Balaban J connectivity index is 2.27. The average Bonchev–Trinajstić information content (AvgIpc) is 2.36. The molecule has 3 heteroatoms. The Labute approximate surface area is 119 Å². The summed E-state index contributed by atoms with van der Waals surface area (Å²) in [5, 5.41) is 0.653. The van der Waals surface area contributed by atoms with Gasteiger partial charge in [-0.15, -0.1) is 0 Å². The molecule has 0 bridgehead atoms. The summed E-state index contributed by atoms with van der Waals surface area (Å²) in [6, 6.07) is 11.4. The van der Waals surface area contributed by atoms with Gasteiger partial charge in [-0.25, -0.2) is 0 Å². The van der Waals surface area contributed by atoms with Gasteiger partial charge in [0.05, 0.1) is 5.02 Å². The minimum Gasteiger partial charge on any atom is -0.456 e. The highest BCUT2D eigenvalue weighted by Crippen LogP contribution is 2.34. The molecule has 0 aliphatic carbocycles. The molecule has 2 aromatic carbocycles. The van der Waals surface area contributed by atoms with Crippen LogP contribution >= 0.6 is 11.6 Å². The van der Waals surface area contributed by atoms with Crippen LogP contribution in [0.3, 0.4) is 0 Å². The highest BCUT2D eigenvalue weighted by atomic mass is 35.5. The monoisotopic (exact) mass is 275 g/mol. The Kier molecular flexibility index (Phi) is 4.33. The van der Waals surface area contributed by atoms with Crippen molar-refractivity contribution >= 4 is 17.3 Å². The maximum atomic E-state index is 6.30. The molecule has 2 N–H and O–H groups in total. The molecule has 19 heavy (non-hydrogen) atoms. The van der Waals surface area contributed by atoms with Crippen LogP contribution in [0.25, 0.3) is 0 Å². The lowest BCUT2D eigenvalue weighted by Gasteiger charge is -2.12.